The normalized spacial score (nSPS) is 16.4. The first kappa shape index (κ1) is 15.5. The van der Waals surface area contributed by atoms with Crippen LogP contribution in [0.5, 0.6) is 5.75 Å². The number of amides is 1. The van der Waals surface area contributed by atoms with Crippen molar-refractivity contribution in [2.45, 2.75) is 25.3 Å². The van der Waals surface area contributed by atoms with Crippen molar-refractivity contribution in [3.05, 3.63) is 63.8 Å². The molecule has 25 heavy (non-hydrogen) atoms. The highest BCUT2D eigenvalue weighted by molar-refractivity contribution is 5.92. The molecule has 4 rings (SSSR count). The quantitative estimate of drug-likeness (QED) is 0.769. The van der Waals surface area contributed by atoms with Gasteiger partial charge in [0, 0.05) is 22.7 Å². The number of carbonyl (C=O) groups is 1. The zero-order valence-corrected chi connectivity index (χ0v) is 13.8. The molecule has 0 fully saturated rings. The van der Waals surface area contributed by atoms with Gasteiger partial charge in [-0.1, -0.05) is 18.2 Å². The number of H-pyrrole nitrogens is 1. The smallest absolute Gasteiger partial charge is 0.287 e. The van der Waals surface area contributed by atoms with Crippen LogP contribution in [-0.2, 0) is 6.42 Å². The van der Waals surface area contributed by atoms with Gasteiger partial charge in [0.25, 0.3) is 5.91 Å². The first-order chi connectivity index (χ1) is 12.2. The number of hydrogen-bond donors (Lipinski definition) is 2. The molecule has 0 aliphatic heterocycles. The number of fused-ring (bicyclic) bond motifs is 3. The summed E-state index contributed by atoms with van der Waals surface area (Å²) in [5.74, 6) is -0.350. The lowest BCUT2D eigenvalue weighted by atomic mass is 9.91. The van der Waals surface area contributed by atoms with E-state index in [-0.39, 0.29) is 23.0 Å². The number of hydrogen-bond acceptors (Lipinski definition) is 4. The summed E-state index contributed by atoms with van der Waals surface area (Å²) < 4.78 is 10.1. The van der Waals surface area contributed by atoms with Crippen molar-refractivity contribution in [1.29, 1.82) is 0 Å². The molecular formula is C19H18N2O4. The summed E-state index contributed by atoms with van der Waals surface area (Å²) in [6.45, 7) is 0. The highest BCUT2D eigenvalue weighted by Gasteiger charge is 2.26. The van der Waals surface area contributed by atoms with Crippen molar-refractivity contribution in [2.24, 2.45) is 0 Å². The Labute approximate surface area is 143 Å². The second-order valence-electron chi connectivity index (χ2n) is 6.16. The van der Waals surface area contributed by atoms with Crippen molar-refractivity contribution in [3.63, 3.8) is 0 Å². The largest absolute Gasteiger partial charge is 0.490 e. The summed E-state index contributed by atoms with van der Waals surface area (Å²) in [5, 5.41) is 4.17. The summed E-state index contributed by atoms with van der Waals surface area (Å²) in [6, 6.07) is 9.17. The number of methoxy groups -OCH3 is 1. The van der Waals surface area contributed by atoms with Gasteiger partial charge in [-0.15, -0.1) is 0 Å². The van der Waals surface area contributed by atoms with Crippen molar-refractivity contribution in [1.82, 2.24) is 10.3 Å². The topological polar surface area (TPSA) is 84.3 Å². The summed E-state index contributed by atoms with van der Waals surface area (Å²) in [4.78, 5) is 27.7. The second-order valence-corrected chi connectivity index (χ2v) is 6.16. The van der Waals surface area contributed by atoms with Crippen LogP contribution in [0.25, 0.3) is 10.9 Å². The van der Waals surface area contributed by atoms with Gasteiger partial charge in [-0.2, -0.15) is 0 Å². The molecule has 1 amide bonds. The molecule has 1 atom stereocenters. The number of aromatic nitrogens is 1. The SMILES string of the molecule is COc1coc(C(=O)N[C@H]2CCCc3c2[nH]c2ccccc32)cc1=O. The van der Waals surface area contributed by atoms with E-state index in [1.165, 1.54) is 18.1 Å². The van der Waals surface area contributed by atoms with Crippen LogP contribution in [0.2, 0.25) is 0 Å². The molecule has 3 aromatic rings. The Morgan fingerprint density at radius 2 is 2.20 bits per heavy atom. The zero-order chi connectivity index (χ0) is 17.4. The number of benzene rings is 1. The number of para-hydroxylation sites is 1. The van der Waals surface area contributed by atoms with Gasteiger partial charge < -0.3 is 19.5 Å². The Kier molecular flexibility index (Phi) is 3.80. The Hall–Kier alpha value is -3.02. The van der Waals surface area contributed by atoms with Crippen LogP contribution >= 0.6 is 0 Å². The molecule has 0 saturated carbocycles. The standard InChI is InChI=1S/C19H18N2O4/c1-24-17-10-25-16(9-15(17)22)19(23)21-14-8-4-6-12-11-5-2-3-7-13(11)20-18(12)14/h2-3,5,7,9-10,14,20H,4,6,8H2,1H3,(H,21,23)/t14-/m0/s1. The van der Waals surface area contributed by atoms with E-state index in [1.54, 1.807) is 0 Å². The highest BCUT2D eigenvalue weighted by atomic mass is 16.5. The van der Waals surface area contributed by atoms with Crippen molar-refractivity contribution < 1.29 is 13.9 Å². The van der Waals surface area contributed by atoms with Crippen LogP contribution in [0.1, 0.15) is 40.7 Å². The lowest BCUT2D eigenvalue weighted by molar-refractivity contribution is 0.0900. The van der Waals surface area contributed by atoms with Gasteiger partial charge in [0.1, 0.15) is 6.26 Å². The van der Waals surface area contributed by atoms with E-state index in [0.717, 1.165) is 42.8 Å². The Bertz CT molecular complexity index is 1000. The molecule has 128 valence electrons. The van der Waals surface area contributed by atoms with E-state index < -0.39 is 5.91 Å². The fourth-order valence-corrected chi connectivity index (χ4v) is 3.46. The average molecular weight is 338 g/mol. The van der Waals surface area contributed by atoms with Gasteiger partial charge in [-0.25, -0.2) is 0 Å². The summed E-state index contributed by atoms with van der Waals surface area (Å²) >= 11 is 0. The first-order valence-corrected chi connectivity index (χ1v) is 8.24. The van der Waals surface area contributed by atoms with Gasteiger partial charge in [-0.3, -0.25) is 9.59 Å². The number of rotatable bonds is 3. The minimum atomic E-state index is -0.406. The van der Waals surface area contributed by atoms with Crippen LogP contribution in [0.3, 0.4) is 0 Å². The molecule has 1 aromatic carbocycles. The predicted molar refractivity (Wildman–Crippen MR) is 93.0 cm³/mol. The van der Waals surface area contributed by atoms with Crippen LogP contribution in [0.4, 0.5) is 0 Å². The molecule has 2 heterocycles. The molecule has 0 saturated heterocycles. The van der Waals surface area contributed by atoms with E-state index >= 15 is 0 Å². The van der Waals surface area contributed by atoms with Crippen LogP contribution in [0.15, 0.2) is 45.8 Å². The molecule has 0 unspecified atom stereocenters. The molecular weight excluding hydrogens is 320 g/mol. The highest BCUT2D eigenvalue weighted by Crippen LogP contribution is 2.34. The average Bonchev–Trinajstić information content (AvgIpc) is 3.01. The van der Waals surface area contributed by atoms with Crippen molar-refractivity contribution in [2.75, 3.05) is 7.11 Å². The Morgan fingerprint density at radius 1 is 1.36 bits per heavy atom. The van der Waals surface area contributed by atoms with E-state index in [2.05, 4.69) is 16.4 Å². The number of carbonyl (C=O) groups excluding carboxylic acids is 1. The molecule has 0 spiro atoms. The molecule has 6 nitrogen and oxygen atoms in total. The van der Waals surface area contributed by atoms with E-state index in [4.69, 9.17) is 9.15 Å². The molecule has 2 aromatic heterocycles. The summed E-state index contributed by atoms with van der Waals surface area (Å²) in [6.07, 6.45) is 3.98. The molecule has 2 N–H and O–H groups in total. The van der Waals surface area contributed by atoms with Crippen LogP contribution in [0, 0.1) is 0 Å². The fourth-order valence-electron chi connectivity index (χ4n) is 3.46. The fraction of sp³-hybridized carbons (Fsp3) is 0.263. The minimum absolute atomic E-state index is 0.0194. The van der Waals surface area contributed by atoms with Gasteiger partial charge in [-0.05, 0) is 30.9 Å². The maximum Gasteiger partial charge on any atom is 0.287 e. The number of ether oxygens (including phenoxy) is 1. The third-order valence-corrected chi connectivity index (χ3v) is 4.66. The van der Waals surface area contributed by atoms with Gasteiger partial charge in [0.2, 0.25) is 11.2 Å². The second kappa shape index (κ2) is 6.12. The lowest BCUT2D eigenvalue weighted by Crippen LogP contribution is -2.31. The van der Waals surface area contributed by atoms with Crippen LogP contribution in [-0.4, -0.2) is 18.0 Å². The van der Waals surface area contributed by atoms with E-state index in [1.807, 2.05) is 18.2 Å². The molecule has 6 heteroatoms. The molecule has 0 radical (unpaired) electrons. The van der Waals surface area contributed by atoms with E-state index in [9.17, 15) is 9.59 Å². The van der Waals surface area contributed by atoms with Gasteiger partial charge in [0.05, 0.1) is 13.2 Å². The Morgan fingerprint density at radius 3 is 3.00 bits per heavy atom. The van der Waals surface area contributed by atoms with Crippen molar-refractivity contribution >= 4 is 16.8 Å². The monoisotopic (exact) mass is 338 g/mol. The lowest BCUT2D eigenvalue weighted by Gasteiger charge is -2.23. The van der Waals surface area contributed by atoms with Gasteiger partial charge in [0.15, 0.2) is 5.76 Å². The molecule has 1 aliphatic rings. The minimum Gasteiger partial charge on any atom is -0.490 e. The third-order valence-electron chi connectivity index (χ3n) is 4.66. The first-order valence-electron chi connectivity index (χ1n) is 8.24. The molecule has 1 aliphatic carbocycles. The zero-order valence-electron chi connectivity index (χ0n) is 13.8. The maximum absolute atomic E-state index is 12.5. The summed E-state index contributed by atoms with van der Waals surface area (Å²) in [5.41, 5.74) is 2.98. The maximum atomic E-state index is 12.5. The number of nitrogens with one attached hydrogen (secondary N) is 2. The molecule has 0 bridgehead atoms. The Balaban J connectivity index is 1.63. The number of aromatic amines is 1. The van der Waals surface area contributed by atoms with E-state index in [0.29, 0.717) is 0 Å². The summed E-state index contributed by atoms with van der Waals surface area (Å²) in [7, 11) is 1.38. The van der Waals surface area contributed by atoms with Crippen LogP contribution < -0.4 is 15.5 Å². The van der Waals surface area contributed by atoms with Crippen molar-refractivity contribution in [3.8, 4) is 5.75 Å². The van der Waals surface area contributed by atoms with Gasteiger partial charge >= 0.3 is 0 Å². The third kappa shape index (κ3) is 2.69. The predicted octanol–water partition coefficient (Wildman–Crippen LogP) is 2.94. The number of aryl methyl sites for hydroxylation is 1.